The van der Waals surface area contributed by atoms with Crippen LogP contribution in [0.1, 0.15) is 36.0 Å². The Hall–Kier alpha value is -1.38. The molecule has 2 nitrogen and oxygen atoms in total. The van der Waals surface area contributed by atoms with Gasteiger partial charge in [-0.2, -0.15) is 0 Å². The minimum absolute atomic E-state index is 0.108. The fourth-order valence-corrected chi connectivity index (χ4v) is 2.01. The zero-order chi connectivity index (χ0) is 11.5. The van der Waals surface area contributed by atoms with E-state index in [-0.39, 0.29) is 11.3 Å². The molecule has 16 heavy (non-hydrogen) atoms. The minimum Gasteiger partial charge on any atom is -0.496 e. The minimum atomic E-state index is -0.483. The first kappa shape index (κ1) is 11.1. The average molecular weight is 222 g/mol. The van der Waals surface area contributed by atoms with Gasteiger partial charge in [-0.15, -0.1) is 0 Å². The van der Waals surface area contributed by atoms with E-state index in [1.54, 1.807) is 12.1 Å². The van der Waals surface area contributed by atoms with Crippen LogP contribution in [0, 0.1) is 11.7 Å². The fourth-order valence-electron chi connectivity index (χ4n) is 2.01. The van der Waals surface area contributed by atoms with Crippen molar-refractivity contribution in [2.75, 3.05) is 7.11 Å². The summed E-state index contributed by atoms with van der Waals surface area (Å²) in [5, 5.41) is 0. The van der Waals surface area contributed by atoms with E-state index in [9.17, 15) is 9.18 Å². The Labute approximate surface area is 94.4 Å². The molecule has 0 atom stereocenters. The Morgan fingerprint density at radius 2 is 2.25 bits per heavy atom. The van der Waals surface area contributed by atoms with Crippen LogP contribution in [-0.2, 0) is 0 Å². The van der Waals surface area contributed by atoms with Gasteiger partial charge < -0.3 is 4.74 Å². The Bertz CT molecular complexity index is 397. The van der Waals surface area contributed by atoms with Gasteiger partial charge in [-0.05, 0) is 18.1 Å². The van der Waals surface area contributed by atoms with Crippen molar-refractivity contribution in [3.63, 3.8) is 0 Å². The Morgan fingerprint density at radius 1 is 1.50 bits per heavy atom. The van der Waals surface area contributed by atoms with E-state index >= 15 is 0 Å². The molecule has 1 saturated carbocycles. The summed E-state index contributed by atoms with van der Waals surface area (Å²) in [6, 6.07) is 4.47. The zero-order valence-corrected chi connectivity index (χ0v) is 9.33. The van der Waals surface area contributed by atoms with Crippen LogP contribution in [0.2, 0.25) is 0 Å². The number of halogens is 1. The van der Waals surface area contributed by atoms with E-state index in [4.69, 9.17) is 4.74 Å². The molecule has 1 aromatic rings. The van der Waals surface area contributed by atoms with Crippen LogP contribution >= 0.6 is 0 Å². The molecule has 0 spiro atoms. The van der Waals surface area contributed by atoms with Gasteiger partial charge in [0.1, 0.15) is 11.6 Å². The summed E-state index contributed by atoms with van der Waals surface area (Å²) >= 11 is 0. The topological polar surface area (TPSA) is 26.3 Å². The summed E-state index contributed by atoms with van der Waals surface area (Å²) in [4.78, 5) is 11.9. The molecule has 0 N–H and O–H groups in total. The Balaban J connectivity index is 2.20. The van der Waals surface area contributed by atoms with Gasteiger partial charge in [-0.1, -0.05) is 25.3 Å². The van der Waals surface area contributed by atoms with Crippen molar-refractivity contribution in [1.29, 1.82) is 0 Å². The molecule has 0 aliphatic heterocycles. The second-order valence-corrected chi connectivity index (χ2v) is 4.24. The molecule has 0 amide bonds. The number of ketones is 1. The lowest BCUT2D eigenvalue weighted by Gasteiger charge is -2.24. The number of carbonyl (C=O) groups excluding carboxylic acids is 1. The van der Waals surface area contributed by atoms with Crippen molar-refractivity contribution >= 4 is 5.78 Å². The van der Waals surface area contributed by atoms with Crippen LogP contribution < -0.4 is 4.74 Å². The second-order valence-electron chi connectivity index (χ2n) is 4.24. The highest BCUT2D eigenvalue weighted by molar-refractivity contribution is 5.99. The Morgan fingerprint density at radius 3 is 2.81 bits per heavy atom. The molecule has 0 radical (unpaired) electrons. The van der Waals surface area contributed by atoms with E-state index < -0.39 is 5.82 Å². The number of hydrogen-bond acceptors (Lipinski definition) is 2. The number of benzene rings is 1. The number of ether oxygens (including phenoxy) is 1. The molecular formula is C13H15FO2. The van der Waals surface area contributed by atoms with Gasteiger partial charge in [0.15, 0.2) is 5.78 Å². The maximum absolute atomic E-state index is 13.6. The molecule has 1 fully saturated rings. The number of hydrogen-bond donors (Lipinski definition) is 0. The van der Waals surface area contributed by atoms with E-state index in [0.717, 1.165) is 12.8 Å². The van der Waals surface area contributed by atoms with Crippen LogP contribution in [0.5, 0.6) is 5.75 Å². The maximum atomic E-state index is 13.6. The number of Topliss-reactive ketones (excluding diaryl/α,β-unsaturated/α-hetero) is 1. The van der Waals surface area contributed by atoms with Gasteiger partial charge in [0.2, 0.25) is 0 Å². The molecule has 86 valence electrons. The summed E-state index contributed by atoms with van der Waals surface area (Å²) in [6.45, 7) is 0. The van der Waals surface area contributed by atoms with Crippen LogP contribution in [0.4, 0.5) is 4.39 Å². The van der Waals surface area contributed by atoms with E-state index in [1.165, 1.54) is 19.6 Å². The van der Waals surface area contributed by atoms with Gasteiger partial charge in [0.25, 0.3) is 0 Å². The van der Waals surface area contributed by atoms with E-state index in [0.29, 0.717) is 18.1 Å². The monoisotopic (exact) mass is 222 g/mol. The fraction of sp³-hybridized carbons (Fsp3) is 0.462. The van der Waals surface area contributed by atoms with Crippen LogP contribution in [0.15, 0.2) is 18.2 Å². The van der Waals surface area contributed by atoms with Crippen molar-refractivity contribution in [3.05, 3.63) is 29.6 Å². The maximum Gasteiger partial charge on any atom is 0.169 e. The Kier molecular flexibility index (Phi) is 3.22. The molecule has 0 saturated heterocycles. The van der Waals surface area contributed by atoms with Gasteiger partial charge >= 0.3 is 0 Å². The molecule has 0 bridgehead atoms. The van der Waals surface area contributed by atoms with Crippen molar-refractivity contribution in [3.8, 4) is 5.75 Å². The summed E-state index contributed by atoms with van der Waals surface area (Å²) < 4.78 is 18.6. The SMILES string of the molecule is COc1cccc(F)c1C(=O)CC1CCC1. The third kappa shape index (κ3) is 2.08. The molecular weight excluding hydrogens is 207 g/mol. The summed E-state index contributed by atoms with van der Waals surface area (Å²) in [7, 11) is 1.45. The van der Waals surface area contributed by atoms with Crippen LogP contribution in [0.25, 0.3) is 0 Å². The zero-order valence-electron chi connectivity index (χ0n) is 9.33. The highest BCUT2D eigenvalue weighted by Crippen LogP contribution is 2.32. The molecule has 3 heteroatoms. The van der Waals surface area contributed by atoms with Crippen molar-refractivity contribution in [2.24, 2.45) is 5.92 Å². The summed E-state index contributed by atoms with van der Waals surface area (Å²) in [5.74, 6) is 0.157. The summed E-state index contributed by atoms with van der Waals surface area (Å²) in [6.07, 6.45) is 3.80. The standard InChI is InChI=1S/C13H15FO2/c1-16-12-7-3-6-10(14)13(12)11(15)8-9-4-2-5-9/h3,6-7,9H,2,4-5,8H2,1H3. The molecule has 1 aliphatic carbocycles. The quantitative estimate of drug-likeness (QED) is 0.731. The highest BCUT2D eigenvalue weighted by Gasteiger charge is 2.24. The smallest absolute Gasteiger partial charge is 0.169 e. The predicted octanol–water partition coefficient (Wildman–Crippen LogP) is 3.21. The number of methoxy groups -OCH3 is 1. The first-order chi connectivity index (χ1) is 7.72. The van der Waals surface area contributed by atoms with Gasteiger partial charge in [0, 0.05) is 6.42 Å². The van der Waals surface area contributed by atoms with E-state index in [1.807, 2.05) is 0 Å². The summed E-state index contributed by atoms with van der Waals surface area (Å²) in [5.41, 5.74) is 0.108. The van der Waals surface area contributed by atoms with Crippen molar-refractivity contribution in [1.82, 2.24) is 0 Å². The molecule has 0 aromatic heterocycles. The third-order valence-electron chi connectivity index (χ3n) is 3.17. The largest absolute Gasteiger partial charge is 0.496 e. The average Bonchev–Trinajstić information content (AvgIpc) is 2.22. The molecule has 2 rings (SSSR count). The third-order valence-corrected chi connectivity index (χ3v) is 3.17. The highest BCUT2D eigenvalue weighted by atomic mass is 19.1. The van der Waals surface area contributed by atoms with Gasteiger partial charge in [-0.25, -0.2) is 4.39 Å². The predicted molar refractivity (Wildman–Crippen MR) is 59.2 cm³/mol. The molecule has 0 heterocycles. The van der Waals surface area contributed by atoms with Gasteiger partial charge in [0.05, 0.1) is 12.7 Å². The normalized spacial score (nSPS) is 15.6. The van der Waals surface area contributed by atoms with Crippen LogP contribution in [-0.4, -0.2) is 12.9 Å². The lowest BCUT2D eigenvalue weighted by molar-refractivity contribution is 0.0929. The van der Waals surface area contributed by atoms with E-state index in [2.05, 4.69) is 0 Å². The number of carbonyl (C=O) groups is 1. The van der Waals surface area contributed by atoms with Crippen molar-refractivity contribution < 1.29 is 13.9 Å². The van der Waals surface area contributed by atoms with Crippen molar-refractivity contribution in [2.45, 2.75) is 25.7 Å². The first-order valence-corrected chi connectivity index (χ1v) is 5.58. The number of rotatable bonds is 4. The molecule has 1 aliphatic rings. The first-order valence-electron chi connectivity index (χ1n) is 5.58. The molecule has 0 unspecified atom stereocenters. The lowest BCUT2D eigenvalue weighted by Crippen LogP contribution is -2.17. The lowest BCUT2D eigenvalue weighted by atomic mass is 9.81. The molecule has 1 aromatic carbocycles. The van der Waals surface area contributed by atoms with Gasteiger partial charge in [-0.3, -0.25) is 4.79 Å². The second kappa shape index (κ2) is 4.64. The van der Waals surface area contributed by atoms with Crippen LogP contribution in [0.3, 0.4) is 0 Å².